The Hall–Kier alpha value is -5.79. The lowest BCUT2D eigenvalue weighted by Gasteiger charge is -2.34. The van der Waals surface area contributed by atoms with Gasteiger partial charge in [0.15, 0.2) is 5.75 Å². The largest absolute Gasteiger partial charge is 0.497 e. The summed E-state index contributed by atoms with van der Waals surface area (Å²) in [6, 6.07) is 9.51. The van der Waals surface area contributed by atoms with Gasteiger partial charge in [-0.05, 0) is 127 Å². The highest BCUT2D eigenvalue weighted by molar-refractivity contribution is 7.91. The van der Waals surface area contributed by atoms with Gasteiger partial charge >= 0.3 is 12.3 Å². The summed E-state index contributed by atoms with van der Waals surface area (Å²) < 4.78 is 98.5. The Morgan fingerprint density at radius 1 is 0.971 bits per heavy atom. The van der Waals surface area contributed by atoms with Crippen molar-refractivity contribution in [1.82, 2.24) is 25.2 Å². The van der Waals surface area contributed by atoms with Gasteiger partial charge in [0, 0.05) is 28.7 Å². The molecule has 0 spiro atoms. The lowest BCUT2D eigenvalue weighted by Crippen LogP contribution is -2.59. The van der Waals surface area contributed by atoms with Gasteiger partial charge in [-0.25, -0.2) is 18.2 Å². The Kier molecular flexibility index (Phi) is 14.2. The molecule has 0 unspecified atom stereocenters. The number of hydrogen-bond acceptors (Lipinski definition) is 12. The number of benzene rings is 2. The predicted octanol–water partition coefficient (Wildman–Crippen LogP) is 7.38. The highest BCUT2D eigenvalue weighted by atomic mass is 32.2. The van der Waals surface area contributed by atoms with Crippen LogP contribution in [0.25, 0.3) is 22.0 Å². The molecule has 2 saturated carbocycles. The van der Waals surface area contributed by atoms with Gasteiger partial charge in [-0.3, -0.25) is 19.1 Å². The quantitative estimate of drug-likeness (QED) is 0.152. The van der Waals surface area contributed by atoms with Crippen LogP contribution in [0.15, 0.2) is 54.6 Å². The number of nitrogens with one attached hydrogen (secondary N) is 3. The number of halogens is 3. The third kappa shape index (κ3) is 10.7. The van der Waals surface area contributed by atoms with Crippen LogP contribution in [-0.4, -0.2) is 109 Å². The van der Waals surface area contributed by atoms with Crippen LogP contribution in [0.2, 0.25) is 0 Å². The topological polar surface area (TPSA) is 201 Å². The fourth-order valence-corrected chi connectivity index (χ4v) is 10.3. The van der Waals surface area contributed by atoms with E-state index >= 15 is 4.79 Å². The minimum atomic E-state index is -4.94. The lowest BCUT2D eigenvalue weighted by atomic mass is 9.88. The number of hydrogen-bond donors (Lipinski definition) is 3. The zero-order valence-corrected chi connectivity index (χ0v) is 41.1. The maximum absolute atomic E-state index is 15.1. The standard InChI is InChI=1S/C49H62F3N5O11S/c1-27(2)66-32-16-14-30(15-17-32)39-40(65-9)36-23-33(64-8)18-19-35(36)42(53-39)67-34-24-37-41(58)55-48(44(60)56-69(62,63)47(7)20-21-47)25-31(48)13-11-10-12-28(3)22-29(4)38(43(59)57(37)26-34)54-45(61)68-46(5,6)49(50,51)52/h11,13-19,23,27-29,31,34,37-38H,10,12,20-22,24-26H2,1-9H3,(H,54,61)(H,55,58)(H,56,60)/b13-11-/t28-,29-,31-,34-,37+,38+,48-/m1/s1. The number of pyridine rings is 1. The number of methoxy groups -OCH3 is 2. The Morgan fingerprint density at radius 2 is 1.65 bits per heavy atom. The fourth-order valence-electron chi connectivity index (χ4n) is 9.02. The van der Waals surface area contributed by atoms with Gasteiger partial charge in [0.05, 0.1) is 31.6 Å². The van der Waals surface area contributed by atoms with Gasteiger partial charge in [0.25, 0.3) is 5.91 Å². The molecule has 2 aliphatic carbocycles. The molecule has 1 aromatic heterocycles. The smallest absolute Gasteiger partial charge is 0.427 e. The van der Waals surface area contributed by atoms with Crippen molar-refractivity contribution < 1.29 is 64.5 Å². The van der Waals surface area contributed by atoms with E-state index in [1.807, 2.05) is 39.0 Å². The molecule has 3 fully saturated rings. The molecule has 3 heterocycles. The van der Waals surface area contributed by atoms with Crippen LogP contribution in [0.4, 0.5) is 18.0 Å². The number of alkyl carbamates (subject to hydrolysis) is 1. The molecule has 0 bridgehead atoms. The monoisotopic (exact) mass is 985 g/mol. The Labute approximate surface area is 400 Å². The van der Waals surface area contributed by atoms with Crippen LogP contribution < -0.4 is 34.3 Å². The van der Waals surface area contributed by atoms with Crippen LogP contribution >= 0.6 is 0 Å². The van der Waals surface area contributed by atoms with E-state index < -0.39 is 85.9 Å². The number of sulfonamides is 1. The molecule has 0 radical (unpaired) electrons. The summed E-state index contributed by atoms with van der Waals surface area (Å²) in [4.78, 5) is 63.6. The van der Waals surface area contributed by atoms with Crippen molar-refractivity contribution in [3.05, 3.63) is 54.6 Å². The second kappa shape index (κ2) is 19.2. The molecule has 7 atom stereocenters. The van der Waals surface area contributed by atoms with E-state index in [1.54, 1.807) is 43.3 Å². The zero-order chi connectivity index (χ0) is 50.4. The van der Waals surface area contributed by atoms with Crippen LogP contribution in [0.1, 0.15) is 93.4 Å². The van der Waals surface area contributed by atoms with E-state index in [0.29, 0.717) is 85.2 Å². The first-order chi connectivity index (χ1) is 32.3. The van der Waals surface area contributed by atoms with E-state index in [9.17, 15) is 36.0 Å². The predicted molar refractivity (Wildman–Crippen MR) is 249 cm³/mol. The first-order valence-electron chi connectivity index (χ1n) is 23.2. The molecule has 2 aromatic carbocycles. The molecule has 2 aliphatic heterocycles. The minimum absolute atomic E-state index is 0.0717. The number of fused-ring (bicyclic) bond motifs is 3. The average Bonchev–Trinajstić information content (AvgIpc) is 4.16. The Bertz CT molecular complexity index is 2600. The van der Waals surface area contributed by atoms with Crippen LogP contribution in [0.5, 0.6) is 23.1 Å². The van der Waals surface area contributed by atoms with Gasteiger partial charge in [0.1, 0.15) is 40.9 Å². The number of carbonyl (C=O) groups excluding carboxylic acids is 4. The van der Waals surface area contributed by atoms with Gasteiger partial charge in [-0.2, -0.15) is 13.2 Å². The molecular formula is C49H62F3N5O11S. The molecule has 376 valence electrons. The van der Waals surface area contributed by atoms with Crippen molar-refractivity contribution in [3.63, 3.8) is 0 Å². The average molecular weight is 986 g/mol. The van der Waals surface area contributed by atoms with Crippen LogP contribution in [0, 0.1) is 17.8 Å². The van der Waals surface area contributed by atoms with E-state index in [4.69, 9.17) is 28.7 Å². The van der Waals surface area contributed by atoms with E-state index in [0.717, 1.165) is 0 Å². The molecule has 20 heteroatoms. The van der Waals surface area contributed by atoms with Crippen molar-refractivity contribution in [2.24, 2.45) is 17.8 Å². The summed E-state index contributed by atoms with van der Waals surface area (Å²) >= 11 is 0. The first kappa shape index (κ1) is 51.1. The second-order valence-corrected chi connectivity index (χ2v) is 22.1. The molecule has 7 rings (SSSR count). The minimum Gasteiger partial charge on any atom is -0.497 e. The summed E-state index contributed by atoms with van der Waals surface area (Å²) in [7, 11) is -1.10. The number of nitrogens with zero attached hydrogens (tertiary/aromatic N) is 2. The lowest BCUT2D eigenvalue weighted by molar-refractivity contribution is -0.244. The summed E-state index contributed by atoms with van der Waals surface area (Å²) in [6.07, 6.45) is -1.79. The number of alkyl halides is 3. The SMILES string of the molecule is COc1ccc2c(O[C@@H]3C[C@H]4C(=O)N[C@]5(C(=O)NS(=O)(=O)C6(C)CC6)C[C@H]5/C=C\CC[C@@H](C)C[C@@H](C)[C@H](NC(=O)OC(C)(C)C(F)(F)F)C(=O)N4C3)nc(-c3ccc(OC(C)C)cc3)c(OC)c2c1. The summed E-state index contributed by atoms with van der Waals surface area (Å²) in [5.41, 5.74) is -3.59. The zero-order valence-electron chi connectivity index (χ0n) is 40.3. The van der Waals surface area contributed by atoms with Gasteiger partial charge in [-0.15, -0.1) is 0 Å². The number of rotatable bonds is 12. The van der Waals surface area contributed by atoms with Crippen molar-refractivity contribution in [2.75, 3.05) is 20.8 Å². The van der Waals surface area contributed by atoms with Gasteiger partial charge < -0.3 is 39.2 Å². The van der Waals surface area contributed by atoms with E-state index in [1.165, 1.54) is 26.0 Å². The Balaban J connectivity index is 1.29. The molecule has 16 nitrogen and oxygen atoms in total. The normalized spacial score (nSPS) is 26.6. The third-order valence-corrected chi connectivity index (χ3v) is 15.8. The second-order valence-electron chi connectivity index (χ2n) is 19.9. The highest BCUT2D eigenvalue weighted by Gasteiger charge is 2.63. The Morgan fingerprint density at radius 3 is 2.28 bits per heavy atom. The highest BCUT2D eigenvalue weighted by Crippen LogP contribution is 2.48. The molecule has 1 saturated heterocycles. The number of ether oxygens (including phenoxy) is 5. The van der Waals surface area contributed by atoms with Crippen molar-refractivity contribution in [1.29, 1.82) is 0 Å². The summed E-state index contributed by atoms with van der Waals surface area (Å²) in [5, 5.41) is 6.28. The number of aromatic nitrogens is 1. The summed E-state index contributed by atoms with van der Waals surface area (Å²) in [5.74, 6) is -2.25. The molecule has 4 aliphatic rings. The molecule has 3 aromatic rings. The summed E-state index contributed by atoms with van der Waals surface area (Å²) in [6.45, 7) is 10.1. The number of amides is 4. The van der Waals surface area contributed by atoms with Gasteiger partial charge in [-0.1, -0.05) is 26.0 Å². The fraction of sp³-hybridized carbons (Fsp3) is 0.571. The first-order valence-corrected chi connectivity index (χ1v) is 24.7. The molecular weight excluding hydrogens is 924 g/mol. The van der Waals surface area contributed by atoms with Crippen molar-refractivity contribution in [2.45, 2.75) is 140 Å². The number of carbonyl (C=O) groups is 4. The number of allylic oxidation sites excluding steroid dienone is 1. The maximum atomic E-state index is 15.1. The van der Waals surface area contributed by atoms with Gasteiger partial charge in [0.2, 0.25) is 33.3 Å². The van der Waals surface area contributed by atoms with Crippen molar-refractivity contribution >= 4 is 44.6 Å². The molecule has 3 N–H and O–H groups in total. The van der Waals surface area contributed by atoms with Crippen LogP contribution in [0.3, 0.4) is 0 Å². The van der Waals surface area contributed by atoms with Crippen LogP contribution in [-0.2, 0) is 29.1 Å². The van der Waals surface area contributed by atoms with E-state index in [-0.39, 0.29) is 37.3 Å². The van der Waals surface area contributed by atoms with Crippen molar-refractivity contribution in [3.8, 4) is 34.4 Å². The molecule has 4 amide bonds. The molecule has 69 heavy (non-hydrogen) atoms. The third-order valence-electron chi connectivity index (χ3n) is 13.7. The maximum Gasteiger partial charge on any atom is 0.427 e. The van der Waals surface area contributed by atoms with E-state index in [2.05, 4.69) is 15.4 Å².